The largest absolute Gasteiger partial charge is 0.332 e. The lowest BCUT2D eigenvalue weighted by atomic mass is 10.1. The summed E-state index contributed by atoms with van der Waals surface area (Å²) in [5.41, 5.74) is 0.655. The number of pyridine rings is 1. The van der Waals surface area contributed by atoms with E-state index < -0.39 is 6.43 Å². The van der Waals surface area contributed by atoms with Crippen molar-refractivity contribution >= 4 is 11.6 Å². The van der Waals surface area contributed by atoms with Crippen molar-refractivity contribution in [3.8, 4) is 11.4 Å². The first-order valence-corrected chi connectivity index (χ1v) is 6.47. The molecule has 7 nitrogen and oxygen atoms in total. The van der Waals surface area contributed by atoms with Crippen molar-refractivity contribution in [3.05, 3.63) is 29.9 Å². The molecule has 0 aliphatic carbocycles. The molecule has 0 N–H and O–H groups in total. The summed E-state index contributed by atoms with van der Waals surface area (Å²) in [6, 6.07) is 2.65. The number of carbonyl (C=O) groups is 1. The molecule has 2 aromatic heterocycles. The number of rotatable bonds is 3. The Kier molecular flexibility index (Phi) is 3.61. The third-order valence-electron chi connectivity index (χ3n) is 3.15. The maximum Gasteiger partial charge on any atom is 0.280 e. The van der Waals surface area contributed by atoms with Gasteiger partial charge in [-0.1, -0.05) is 5.16 Å². The number of alkyl halides is 2. The van der Waals surface area contributed by atoms with Gasteiger partial charge < -0.3 is 4.52 Å². The van der Waals surface area contributed by atoms with E-state index in [4.69, 9.17) is 4.52 Å². The highest BCUT2D eigenvalue weighted by Crippen LogP contribution is 2.21. The molecular formula is C13H11F2N5O2. The highest BCUT2D eigenvalue weighted by atomic mass is 19.3. The highest BCUT2D eigenvalue weighted by Gasteiger charge is 2.22. The molecule has 1 aliphatic rings. The number of halogens is 2. The van der Waals surface area contributed by atoms with E-state index in [0.29, 0.717) is 24.1 Å². The molecular weight excluding hydrogens is 296 g/mol. The minimum atomic E-state index is -2.63. The van der Waals surface area contributed by atoms with Crippen LogP contribution >= 0.6 is 0 Å². The van der Waals surface area contributed by atoms with Crippen molar-refractivity contribution in [2.24, 2.45) is 5.10 Å². The molecule has 1 amide bonds. The van der Waals surface area contributed by atoms with Gasteiger partial charge >= 0.3 is 0 Å². The molecule has 22 heavy (non-hydrogen) atoms. The Labute approximate surface area is 123 Å². The number of hydrogen-bond donors (Lipinski definition) is 0. The van der Waals surface area contributed by atoms with E-state index in [0.717, 1.165) is 0 Å². The summed E-state index contributed by atoms with van der Waals surface area (Å²) in [6.45, 7) is 0. The van der Waals surface area contributed by atoms with E-state index >= 15 is 0 Å². The van der Waals surface area contributed by atoms with Gasteiger partial charge in [-0.15, -0.1) is 0 Å². The van der Waals surface area contributed by atoms with Crippen molar-refractivity contribution < 1.29 is 18.1 Å². The van der Waals surface area contributed by atoms with Gasteiger partial charge in [0.25, 0.3) is 12.3 Å². The van der Waals surface area contributed by atoms with Crippen LogP contribution in [0, 0.1) is 0 Å². The van der Waals surface area contributed by atoms with Crippen LogP contribution in [0.4, 0.5) is 8.78 Å². The Balaban J connectivity index is 1.85. The first-order chi connectivity index (χ1) is 10.5. The third kappa shape index (κ3) is 2.69. The Hall–Kier alpha value is -2.71. The summed E-state index contributed by atoms with van der Waals surface area (Å²) in [6.07, 6.45) is -0.640. The second-order valence-electron chi connectivity index (χ2n) is 4.66. The zero-order valence-electron chi connectivity index (χ0n) is 11.5. The molecule has 3 rings (SSSR count). The van der Waals surface area contributed by atoms with Crippen LogP contribution in [0.2, 0.25) is 0 Å². The van der Waals surface area contributed by atoms with Crippen molar-refractivity contribution in [3.63, 3.8) is 0 Å². The number of amides is 1. The second-order valence-corrected chi connectivity index (χ2v) is 4.66. The molecule has 0 bridgehead atoms. The average Bonchev–Trinajstić information content (AvgIpc) is 3.00. The Bertz CT molecular complexity index is 726. The number of aromatic nitrogens is 3. The molecule has 2 aromatic rings. The predicted octanol–water partition coefficient (Wildman–Crippen LogP) is 2.03. The van der Waals surface area contributed by atoms with Gasteiger partial charge in [0.1, 0.15) is 11.4 Å². The third-order valence-corrected chi connectivity index (χ3v) is 3.15. The maximum atomic E-state index is 12.5. The minimum absolute atomic E-state index is 0.0877. The monoisotopic (exact) mass is 307 g/mol. The van der Waals surface area contributed by atoms with E-state index in [-0.39, 0.29) is 23.3 Å². The molecule has 1 aliphatic heterocycles. The molecule has 0 atom stereocenters. The minimum Gasteiger partial charge on any atom is -0.332 e. The molecule has 0 saturated carbocycles. The van der Waals surface area contributed by atoms with E-state index in [1.54, 1.807) is 7.05 Å². The highest BCUT2D eigenvalue weighted by molar-refractivity contribution is 6.01. The molecule has 114 valence electrons. The fraction of sp³-hybridized carbons (Fsp3) is 0.308. The topological polar surface area (TPSA) is 84.5 Å². The first-order valence-electron chi connectivity index (χ1n) is 6.47. The second kappa shape index (κ2) is 5.58. The van der Waals surface area contributed by atoms with E-state index in [2.05, 4.69) is 20.2 Å². The quantitative estimate of drug-likeness (QED) is 0.866. The van der Waals surface area contributed by atoms with Crippen LogP contribution in [-0.4, -0.2) is 38.8 Å². The summed E-state index contributed by atoms with van der Waals surface area (Å²) in [5.74, 6) is 0.341. The van der Waals surface area contributed by atoms with Gasteiger partial charge in [0, 0.05) is 31.6 Å². The lowest BCUT2D eigenvalue weighted by Gasteiger charge is -2.17. The van der Waals surface area contributed by atoms with E-state index in [1.165, 1.54) is 23.3 Å². The number of carbonyl (C=O) groups excluding carboxylic acids is 1. The van der Waals surface area contributed by atoms with Crippen LogP contribution in [0.3, 0.4) is 0 Å². The van der Waals surface area contributed by atoms with Crippen LogP contribution in [0.1, 0.15) is 30.9 Å². The average molecular weight is 307 g/mol. The molecule has 0 spiro atoms. The fourth-order valence-corrected chi connectivity index (χ4v) is 1.95. The zero-order valence-corrected chi connectivity index (χ0v) is 11.5. The van der Waals surface area contributed by atoms with Crippen LogP contribution in [-0.2, 0) is 4.79 Å². The van der Waals surface area contributed by atoms with E-state index in [1.807, 2.05) is 0 Å². The van der Waals surface area contributed by atoms with Crippen molar-refractivity contribution in [2.75, 3.05) is 7.05 Å². The van der Waals surface area contributed by atoms with Gasteiger partial charge in [0.05, 0.1) is 0 Å². The smallest absolute Gasteiger partial charge is 0.280 e. The summed E-state index contributed by atoms with van der Waals surface area (Å²) in [4.78, 5) is 19.2. The zero-order chi connectivity index (χ0) is 15.7. The van der Waals surface area contributed by atoms with Crippen molar-refractivity contribution in [1.29, 1.82) is 0 Å². The van der Waals surface area contributed by atoms with Gasteiger partial charge in [0.2, 0.25) is 11.7 Å². The lowest BCUT2D eigenvalue weighted by Crippen LogP contribution is -2.28. The summed E-state index contributed by atoms with van der Waals surface area (Å²) in [7, 11) is 1.55. The van der Waals surface area contributed by atoms with Gasteiger partial charge in [-0.05, 0) is 12.1 Å². The van der Waals surface area contributed by atoms with Crippen LogP contribution in [0.5, 0.6) is 0 Å². The van der Waals surface area contributed by atoms with Gasteiger partial charge in [-0.2, -0.15) is 10.1 Å². The van der Waals surface area contributed by atoms with Crippen LogP contribution < -0.4 is 0 Å². The summed E-state index contributed by atoms with van der Waals surface area (Å²) < 4.78 is 30.0. The standard InChI is InChI=1S/C13H11F2N5O2/c1-20-10(21)5-4-9(18-20)13-17-12(19-22-13)7-2-3-8(11(14)15)16-6-7/h2-3,6,11H,4-5H2,1H3. The molecule has 0 unspecified atom stereocenters. The fourth-order valence-electron chi connectivity index (χ4n) is 1.95. The maximum absolute atomic E-state index is 12.5. The van der Waals surface area contributed by atoms with Crippen molar-refractivity contribution in [1.82, 2.24) is 20.1 Å². The van der Waals surface area contributed by atoms with Gasteiger partial charge in [0.15, 0.2) is 0 Å². The number of nitrogens with zero attached hydrogens (tertiary/aromatic N) is 5. The Morgan fingerprint density at radius 3 is 2.77 bits per heavy atom. The first kappa shape index (κ1) is 14.2. The van der Waals surface area contributed by atoms with Gasteiger partial charge in [-0.25, -0.2) is 13.8 Å². The Morgan fingerprint density at radius 1 is 1.32 bits per heavy atom. The van der Waals surface area contributed by atoms with Crippen LogP contribution in [0.25, 0.3) is 11.4 Å². The summed E-state index contributed by atoms with van der Waals surface area (Å²) >= 11 is 0. The Morgan fingerprint density at radius 2 is 2.14 bits per heavy atom. The molecule has 0 radical (unpaired) electrons. The molecule has 9 heteroatoms. The normalized spacial score (nSPS) is 15.4. The van der Waals surface area contributed by atoms with Crippen LogP contribution in [0.15, 0.2) is 28.0 Å². The SMILES string of the molecule is CN1N=C(c2nc(-c3ccc(C(F)F)nc3)no2)CCC1=O. The summed E-state index contributed by atoms with van der Waals surface area (Å²) in [5, 5.41) is 9.07. The number of hydrazone groups is 1. The van der Waals surface area contributed by atoms with Crippen molar-refractivity contribution in [2.45, 2.75) is 19.3 Å². The molecule has 0 aromatic carbocycles. The van der Waals surface area contributed by atoms with Gasteiger partial charge in [-0.3, -0.25) is 9.78 Å². The molecule has 0 saturated heterocycles. The number of hydrogen-bond acceptors (Lipinski definition) is 6. The van der Waals surface area contributed by atoms with E-state index in [9.17, 15) is 13.6 Å². The lowest BCUT2D eigenvalue weighted by molar-refractivity contribution is -0.130. The molecule has 3 heterocycles. The predicted molar refractivity (Wildman–Crippen MR) is 71.0 cm³/mol. The molecule has 0 fully saturated rings.